The van der Waals surface area contributed by atoms with Gasteiger partial charge in [0.2, 0.25) is 53.2 Å². The zero-order chi connectivity index (χ0) is 59.7. The van der Waals surface area contributed by atoms with E-state index in [2.05, 4.69) is 57.5 Å². The van der Waals surface area contributed by atoms with Gasteiger partial charge in [-0.2, -0.15) is 0 Å². The van der Waals surface area contributed by atoms with Crippen LogP contribution in [0, 0.1) is 0 Å². The van der Waals surface area contributed by atoms with E-state index in [0.717, 1.165) is 10.9 Å². The van der Waals surface area contributed by atoms with Gasteiger partial charge in [0.1, 0.15) is 42.3 Å². The van der Waals surface area contributed by atoms with Crippen LogP contribution in [-0.2, 0) is 62.4 Å². The fourth-order valence-electron chi connectivity index (χ4n) is 9.07. The Morgan fingerprint density at radius 2 is 1.21 bits per heavy atom. The molecule has 440 valence electrons. The molecule has 3 aromatic carbocycles. The zero-order valence-corrected chi connectivity index (χ0v) is 45.5. The minimum absolute atomic E-state index is 0.00326. The van der Waals surface area contributed by atoms with E-state index in [1.807, 2.05) is 18.2 Å². The van der Waals surface area contributed by atoms with Crippen molar-refractivity contribution in [2.45, 2.75) is 126 Å². The van der Waals surface area contributed by atoms with Gasteiger partial charge in [-0.05, 0) is 73.4 Å². The maximum absolute atomic E-state index is 14.9. The first kappa shape index (κ1) is 63.3. The number of guanidine groups is 2. The first-order chi connectivity index (χ1) is 39.2. The number of rotatable bonds is 19. The van der Waals surface area contributed by atoms with E-state index in [-0.39, 0.29) is 94.9 Å². The number of benzene rings is 3. The van der Waals surface area contributed by atoms with Gasteiger partial charge in [0.15, 0.2) is 11.9 Å². The Balaban J connectivity index is 1.58. The highest BCUT2D eigenvalue weighted by Crippen LogP contribution is 2.20. The summed E-state index contributed by atoms with van der Waals surface area (Å²) in [7, 11) is 0. The second-order valence-corrected chi connectivity index (χ2v) is 19.8. The van der Waals surface area contributed by atoms with Crippen LogP contribution in [0.15, 0.2) is 95.0 Å². The molecular formula is C55H74N16O11. The second-order valence-electron chi connectivity index (χ2n) is 19.8. The van der Waals surface area contributed by atoms with Crippen LogP contribution < -0.4 is 71.2 Å². The zero-order valence-electron chi connectivity index (χ0n) is 45.5. The number of nitrogens with two attached hydrogens (primary N) is 5. The molecule has 0 aliphatic carbocycles. The molecule has 1 saturated heterocycles. The molecule has 7 atom stereocenters. The molecular weight excluding hydrogens is 1060 g/mol. The Morgan fingerprint density at radius 1 is 0.646 bits per heavy atom. The van der Waals surface area contributed by atoms with E-state index < -0.39 is 108 Å². The van der Waals surface area contributed by atoms with E-state index in [1.165, 1.54) is 31.2 Å². The average molecular weight is 1140 g/mol. The van der Waals surface area contributed by atoms with Crippen molar-refractivity contribution in [2.75, 3.05) is 19.6 Å². The quantitative estimate of drug-likeness (QED) is 0.0274. The van der Waals surface area contributed by atoms with Gasteiger partial charge >= 0.3 is 5.97 Å². The number of hydrogen-bond acceptors (Lipinski definition) is 12. The summed E-state index contributed by atoms with van der Waals surface area (Å²) < 4.78 is 0. The molecule has 27 nitrogen and oxygen atoms in total. The largest absolute Gasteiger partial charge is 0.480 e. The molecule has 1 aromatic heterocycles. The summed E-state index contributed by atoms with van der Waals surface area (Å²) in [5.41, 5.74) is 30.0. The standard InChI is InChI=1S/C55H74N16O11/c1-31(72)65-38(17-10-24-62-54(57)58)47(75)71-44-29-45(73)61-23-9-3-6-16-40(53(81)82)67-51(79)43(28-35-30-64-37-15-8-7-14-36(35)37)70-48(76)39(18-11-25-63-55(59)60)66-49(77)41(26-32-12-4-2-5-13-32)68-50(78)42(69-52(44)80)27-33-19-21-34(22-20-33)46(56)74/h2,4-5,7-8,12-15,19-22,30,38-44,64H,3,6,9-11,16-18,23-29H2,1H3,(H2,56,74)(H,61,73)(H,65,72)(H,66,77)(H,67,79)(H,68,78)(H,69,80)(H,70,76)(H,71,75)(H,81,82)(H4,57,58,62)(H4,59,60,63)/t38-,39-,40-,41+,42-,43-,44-/m0/s1. The molecule has 1 fully saturated rings. The molecule has 9 amide bonds. The number of H-pyrrole nitrogens is 1. The second kappa shape index (κ2) is 31.9. The third-order valence-corrected chi connectivity index (χ3v) is 13.3. The molecule has 20 N–H and O–H groups in total. The lowest BCUT2D eigenvalue weighted by Crippen LogP contribution is -2.61. The maximum Gasteiger partial charge on any atom is 0.326 e. The smallest absolute Gasteiger partial charge is 0.326 e. The summed E-state index contributed by atoms with van der Waals surface area (Å²) in [6.07, 6.45) is 1.49. The number of aliphatic carboxylic acids is 1. The number of carboxylic acids is 1. The normalized spacial score (nSPS) is 20.4. The Kier molecular flexibility index (Phi) is 24.6. The van der Waals surface area contributed by atoms with Crippen LogP contribution in [0.1, 0.15) is 91.8 Å². The van der Waals surface area contributed by atoms with Crippen molar-refractivity contribution >= 4 is 82.0 Å². The number of hydrogen-bond donors (Lipinski definition) is 15. The minimum atomic E-state index is -1.69. The lowest BCUT2D eigenvalue weighted by atomic mass is 10.00. The van der Waals surface area contributed by atoms with Crippen LogP contribution in [0.4, 0.5) is 0 Å². The number of aliphatic imine (C=N–C) groups is 2. The van der Waals surface area contributed by atoms with E-state index in [4.69, 9.17) is 28.7 Å². The number of amides is 9. The maximum atomic E-state index is 14.9. The number of primary amides is 1. The van der Waals surface area contributed by atoms with Crippen molar-refractivity contribution in [2.24, 2.45) is 38.7 Å². The fourth-order valence-corrected chi connectivity index (χ4v) is 9.07. The summed E-state index contributed by atoms with van der Waals surface area (Å²) in [6.45, 7) is 1.32. The monoisotopic (exact) mass is 1130 g/mol. The lowest BCUT2D eigenvalue weighted by molar-refractivity contribution is -0.142. The van der Waals surface area contributed by atoms with E-state index >= 15 is 0 Å². The number of carboxylic acid groups (broad SMARTS) is 1. The van der Waals surface area contributed by atoms with Crippen molar-refractivity contribution in [3.8, 4) is 0 Å². The van der Waals surface area contributed by atoms with Crippen LogP contribution in [0.3, 0.4) is 0 Å². The molecule has 1 aliphatic heterocycles. The third-order valence-electron chi connectivity index (χ3n) is 13.3. The number of aromatic nitrogens is 1. The third kappa shape index (κ3) is 20.9. The summed E-state index contributed by atoms with van der Waals surface area (Å²) in [6, 6.07) is 11.3. The number of carbonyl (C=O) groups excluding carboxylic acids is 9. The molecule has 5 rings (SSSR count). The van der Waals surface area contributed by atoms with Crippen LogP contribution in [0.2, 0.25) is 0 Å². The van der Waals surface area contributed by atoms with Gasteiger partial charge in [-0.3, -0.25) is 53.1 Å². The first-order valence-corrected chi connectivity index (χ1v) is 26.8. The van der Waals surface area contributed by atoms with E-state index in [1.54, 1.807) is 42.6 Å². The molecule has 4 aromatic rings. The van der Waals surface area contributed by atoms with Gasteiger partial charge in [-0.15, -0.1) is 0 Å². The van der Waals surface area contributed by atoms with Gasteiger partial charge in [0.05, 0.1) is 6.42 Å². The number of fused-ring (bicyclic) bond motifs is 1. The number of carbonyl (C=O) groups is 10. The SMILES string of the molecule is CC(=O)N[C@@H](CCCN=C(N)N)C(=O)N[C@H]1CC(=O)NCCCCC[C@@H](C(=O)O)NC(=O)[C@H](Cc2c[nH]c3ccccc23)NC(=O)[C@H](CCCN=C(N)N)NC(=O)[C@@H](Cc2ccccc2)NC(=O)[C@H](Cc2ccc(C(N)=O)cc2)NC1=O. The Bertz CT molecular complexity index is 2940. The van der Waals surface area contributed by atoms with Crippen LogP contribution >= 0.6 is 0 Å². The predicted octanol–water partition coefficient (Wildman–Crippen LogP) is -2.02. The molecule has 2 heterocycles. The highest BCUT2D eigenvalue weighted by molar-refractivity contribution is 5.99. The number of aromatic amines is 1. The van der Waals surface area contributed by atoms with Crippen LogP contribution in [-0.4, -0.2) is 143 Å². The molecule has 0 bridgehead atoms. The van der Waals surface area contributed by atoms with Gasteiger partial charge in [0, 0.05) is 68.5 Å². The molecule has 0 radical (unpaired) electrons. The summed E-state index contributed by atoms with van der Waals surface area (Å²) in [4.78, 5) is 149. The highest BCUT2D eigenvalue weighted by atomic mass is 16.4. The van der Waals surface area contributed by atoms with Gasteiger partial charge in [-0.1, -0.05) is 73.5 Å². The van der Waals surface area contributed by atoms with Crippen LogP contribution in [0.5, 0.6) is 0 Å². The van der Waals surface area contributed by atoms with Crippen molar-refractivity contribution in [1.29, 1.82) is 0 Å². The lowest BCUT2D eigenvalue weighted by Gasteiger charge is -2.28. The number of nitrogens with zero attached hydrogens (tertiary/aromatic N) is 2. The van der Waals surface area contributed by atoms with Crippen molar-refractivity contribution in [1.82, 2.24) is 47.5 Å². The number of para-hydroxylation sites is 1. The molecule has 0 spiro atoms. The topological polar surface area (TPSA) is 458 Å². The first-order valence-electron chi connectivity index (χ1n) is 26.8. The Hall–Kier alpha value is -9.56. The summed E-state index contributed by atoms with van der Waals surface area (Å²) in [5.74, 6) is -9.23. The van der Waals surface area contributed by atoms with Gasteiger partial charge < -0.3 is 81.3 Å². The molecule has 27 heteroatoms. The minimum Gasteiger partial charge on any atom is -0.480 e. The van der Waals surface area contributed by atoms with E-state index in [0.29, 0.717) is 29.5 Å². The highest BCUT2D eigenvalue weighted by Gasteiger charge is 2.35. The summed E-state index contributed by atoms with van der Waals surface area (Å²) >= 11 is 0. The summed E-state index contributed by atoms with van der Waals surface area (Å²) in [5, 5.41) is 32.3. The molecule has 1 aliphatic rings. The predicted molar refractivity (Wildman–Crippen MR) is 304 cm³/mol. The molecule has 0 saturated carbocycles. The Morgan fingerprint density at radius 3 is 1.83 bits per heavy atom. The fraction of sp³-hybridized carbons (Fsp3) is 0.418. The van der Waals surface area contributed by atoms with Crippen molar-refractivity contribution in [3.63, 3.8) is 0 Å². The molecule has 82 heavy (non-hydrogen) atoms. The average Bonchev–Trinajstić information content (AvgIpc) is 3.90. The van der Waals surface area contributed by atoms with E-state index in [9.17, 15) is 53.1 Å². The molecule has 0 unspecified atom stereocenters. The van der Waals surface area contributed by atoms with Crippen LogP contribution in [0.25, 0.3) is 10.9 Å². The van der Waals surface area contributed by atoms with Gasteiger partial charge in [0.25, 0.3) is 0 Å². The van der Waals surface area contributed by atoms with Crippen molar-refractivity contribution < 1.29 is 53.1 Å². The number of nitrogens with one attached hydrogen (secondary N) is 9. The Labute approximate surface area is 473 Å². The van der Waals surface area contributed by atoms with Crippen molar-refractivity contribution in [3.05, 3.63) is 107 Å². The van der Waals surface area contributed by atoms with Gasteiger partial charge in [-0.25, -0.2) is 4.79 Å².